The summed E-state index contributed by atoms with van der Waals surface area (Å²) in [5, 5.41) is 42.0. The predicted octanol–water partition coefficient (Wildman–Crippen LogP) is 3.40. The number of hydrogen-bond donors (Lipinski definition) is 4. The first-order chi connectivity index (χ1) is 22.8. The first kappa shape index (κ1) is 38.4. The third-order valence-electron chi connectivity index (χ3n) is 11.2. The second-order valence-electron chi connectivity index (χ2n) is 14.8. The highest BCUT2D eigenvalue weighted by molar-refractivity contribution is 6.39. The SMILES string of the molecule is C[C@@H]1C(=O)/C=C/CC/C=C\[C@@H](CO)CC[C@@H]([C@@H](C)C[C@@H]2CC[C@@H](O)[C@H](O)C2)OC(=O)[C@@H]2CCCCN2C(=O)C(=O)[C@]2(O)O[C@H]1CC[C@H]2C. The summed E-state index contributed by atoms with van der Waals surface area (Å²) in [7, 11) is 0. The lowest BCUT2D eigenvalue weighted by atomic mass is 9.78. The summed E-state index contributed by atoms with van der Waals surface area (Å²) in [5.74, 6) is -6.86. The van der Waals surface area contributed by atoms with Crippen molar-refractivity contribution in [2.24, 2.45) is 29.6 Å². The van der Waals surface area contributed by atoms with Gasteiger partial charge in [-0.25, -0.2) is 4.79 Å². The van der Waals surface area contributed by atoms with Gasteiger partial charge in [-0.1, -0.05) is 39.0 Å². The van der Waals surface area contributed by atoms with Crippen LogP contribution in [0.2, 0.25) is 0 Å². The Morgan fingerprint density at radius 2 is 1.69 bits per heavy atom. The number of cyclic esters (lactones) is 1. The molecule has 11 atom stereocenters. The Morgan fingerprint density at radius 1 is 0.938 bits per heavy atom. The van der Waals surface area contributed by atoms with E-state index >= 15 is 0 Å². The third-order valence-corrected chi connectivity index (χ3v) is 11.2. The van der Waals surface area contributed by atoms with Crippen molar-refractivity contribution < 1.29 is 49.1 Å². The van der Waals surface area contributed by atoms with Crippen LogP contribution >= 0.6 is 0 Å². The molecule has 1 amide bonds. The van der Waals surface area contributed by atoms with E-state index in [1.165, 1.54) is 11.0 Å². The molecule has 4 rings (SSSR count). The van der Waals surface area contributed by atoms with Crippen molar-refractivity contribution >= 4 is 23.4 Å². The minimum absolute atomic E-state index is 0.0835. The third kappa shape index (κ3) is 9.41. The van der Waals surface area contributed by atoms with Crippen LogP contribution in [-0.4, -0.2) is 98.2 Å². The molecule has 0 unspecified atom stereocenters. The van der Waals surface area contributed by atoms with E-state index in [4.69, 9.17) is 9.47 Å². The number of nitrogens with zero attached hydrogens (tertiary/aromatic N) is 1. The fourth-order valence-corrected chi connectivity index (χ4v) is 7.79. The van der Waals surface area contributed by atoms with Gasteiger partial charge in [0.2, 0.25) is 5.79 Å². The molecule has 3 fully saturated rings. The number of ether oxygens (including phenoxy) is 2. The summed E-state index contributed by atoms with van der Waals surface area (Å²) in [6, 6.07) is -1.01. The van der Waals surface area contributed by atoms with Gasteiger partial charge in [-0.2, -0.15) is 0 Å². The van der Waals surface area contributed by atoms with Crippen LogP contribution in [0.25, 0.3) is 0 Å². The minimum atomic E-state index is -2.43. The summed E-state index contributed by atoms with van der Waals surface area (Å²) in [6.07, 6.45) is 11.4. The maximum atomic E-state index is 13.9. The van der Waals surface area contributed by atoms with Crippen LogP contribution in [0.3, 0.4) is 0 Å². The van der Waals surface area contributed by atoms with Crippen LogP contribution in [0.1, 0.15) is 104 Å². The summed E-state index contributed by atoms with van der Waals surface area (Å²) in [4.78, 5) is 55.7. The summed E-state index contributed by atoms with van der Waals surface area (Å²) in [5.41, 5.74) is 0. The molecule has 270 valence electrons. The smallest absolute Gasteiger partial charge is 0.329 e. The van der Waals surface area contributed by atoms with Crippen LogP contribution in [0.15, 0.2) is 24.3 Å². The van der Waals surface area contributed by atoms with E-state index in [0.717, 1.165) is 6.42 Å². The maximum absolute atomic E-state index is 13.9. The lowest BCUT2D eigenvalue weighted by Crippen LogP contribution is -2.61. The Bertz CT molecular complexity index is 1190. The van der Waals surface area contributed by atoms with Crippen molar-refractivity contribution in [3.8, 4) is 0 Å². The number of carbonyl (C=O) groups excluding carboxylic acids is 4. The molecule has 0 aromatic carbocycles. The molecule has 48 heavy (non-hydrogen) atoms. The van der Waals surface area contributed by atoms with Crippen molar-refractivity contribution in [3.63, 3.8) is 0 Å². The van der Waals surface area contributed by atoms with E-state index < -0.39 is 65.7 Å². The van der Waals surface area contributed by atoms with Crippen molar-refractivity contribution in [3.05, 3.63) is 24.3 Å². The molecule has 1 aliphatic carbocycles. The molecule has 11 nitrogen and oxygen atoms in total. The first-order valence-corrected chi connectivity index (χ1v) is 18.2. The molecule has 4 N–H and O–H groups in total. The maximum Gasteiger partial charge on any atom is 0.329 e. The molecule has 2 saturated heterocycles. The molecule has 1 saturated carbocycles. The number of carbonyl (C=O) groups is 4. The number of rotatable bonds is 4. The van der Waals surface area contributed by atoms with E-state index in [0.29, 0.717) is 77.0 Å². The number of esters is 1. The van der Waals surface area contributed by atoms with Crippen LogP contribution in [-0.2, 0) is 28.7 Å². The van der Waals surface area contributed by atoms with E-state index in [1.54, 1.807) is 19.9 Å². The van der Waals surface area contributed by atoms with Crippen LogP contribution in [0.5, 0.6) is 0 Å². The molecule has 0 spiro atoms. The van der Waals surface area contributed by atoms with Crippen molar-refractivity contribution in [2.45, 2.75) is 140 Å². The van der Waals surface area contributed by atoms with Crippen molar-refractivity contribution in [1.82, 2.24) is 4.90 Å². The van der Waals surface area contributed by atoms with Gasteiger partial charge in [-0.15, -0.1) is 0 Å². The molecular formula is C37H57NO10. The second-order valence-corrected chi connectivity index (χ2v) is 14.8. The van der Waals surface area contributed by atoms with Gasteiger partial charge in [-0.05, 0) is 101 Å². The number of amides is 1. The highest BCUT2D eigenvalue weighted by Crippen LogP contribution is 2.37. The van der Waals surface area contributed by atoms with Crippen LogP contribution in [0, 0.1) is 29.6 Å². The largest absolute Gasteiger partial charge is 0.461 e. The lowest BCUT2D eigenvalue weighted by Gasteiger charge is -2.43. The van der Waals surface area contributed by atoms with Gasteiger partial charge in [0.15, 0.2) is 5.78 Å². The minimum Gasteiger partial charge on any atom is -0.461 e. The highest BCUT2D eigenvalue weighted by atomic mass is 16.6. The number of hydrogen-bond acceptors (Lipinski definition) is 10. The molecule has 0 aromatic heterocycles. The summed E-state index contributed by atoms with van der Waals surface area (Å²) >= 11 is 0. The van der Waals surface area contributed by atoms with Gasteiger partial charge in [-0.3, -0.25) is 14.4 Å². The molecule has 3 heterocycles. The Balaban J connectivity index is 1.61. The first-order valence-electron chi connectivity index (χ1n) is 18.2. The standard InChI is InChI=1S/C37H57NO10/c1-23(20-27-14-16-30(41)31(42)21-27)32-18-15-26(22-39)10-6-4-5-7-12-29(40)25(3)33-17-13-24(2)37(46,48-33)34(43)35(44)38-19-9-8-11-28(38)36(45)47-32/h6-7,10,12,23-28,30-33,39,41-42,46H,4-5,8-9,11,13-22H2,1-3H3/b10-6-,12-7+/t23-,24+,25+,26+,27-,28-,30+,31+,32-,33-,37+/m0/s1. The van der Waals surface area contributed by atoms with Crippen molar-refractivity contribution in [2.75, 3.05) is 13.2 Å². The zero-order valence-electron chi connectivity index (χ0n) is 28.9. The van der Waals surface area contributed by atoms with Gasteiger partial charge in [0.1, 0.15) is 12.1 Å². The zero-order valence-corrected chi connectivity index (χ0v) is 28.9. The molecule has 11 heteroatoms. The molecule has 4 aliphatic rings. The average molecular weight is 676 g/mol. The highest BCUT2D eigenvalue weighted by Gasteiger charge is 2.53. The Labute approximate surface area is 284 Å². The number of aliphatic hydroxyl groups is 4. The second kappa shape index (κ2) is 17.5. The number of aliphatic hydroxyl groups excluding tert-OH is 3. The monoisotopic (exact) mass is 675 g/mol. The Hall–Kier alpha value is -2.44. The number of ketones is 2. The van der Waals surface area contributed by atoms with Crippen LogP contribution < -0.4 is 0 Å². The normalized spacial score (nSPS) is 40.2. The number of Topliss-reactive ketones (excluding diaryl/α,β-unsaturated/α-hetero) is 1. The summed E-state index contributed by atoms with van der Waals surface area (Å²) < 4.78 is 12.1. The fourth-order valence-electron chi connectivity index (χ4n) is 7.79. The van der Waals surface area contributed by atoms with Gasteiger partial charge in [0.25, 0.3) is 11.7 Å². The van der Waals surface area contributed by atoms with Gasteiger partial charge in [0, 0.05) is 30.9 Å². The Kier molecular flexibility index (Phi) is 14.0. The molecular weight excluding hydrogens is 618 g/mol. The van der Waals surface area contributed by atoms with E-state index in [2.05, 4.69) is 0 Å². The van der Waals surface area contributed by atoms with Crippen molar-refractivity contribution in [1.29, 1.82) is 0 Å². The zero-order chi connectivity index (χ0) is 35.0. The summed E-state index contributed by atoms with van der Waals surface area (Å²) in [6.45, 7) is 5.39. The lowest BCUT2D eigenvalue weighted by molar-refractivity contribution is -0.268. The number of fused-ring (bicyclic) bond motifs is 3. The molecule has 0 aromatic rings. The van der Waals surface area contributed by atoms with E-state index in [-0.39, 0.29) is 36.7 Å². The molecule has 3 aliphatic heterocycles. The van der Waals surface area contributed by atoms with Gasteiger partial charge >= 0.3 is 5.97 Å². The number of allylic oxidation sites excluding steroid dienone is 3. The van der Waals surface area contributed by atoms with E-state index in [9.17, 15) is 39.6 Å². The van der Waals surface area contributed by atoms with Crippen LogP contribution in [0.4, 0.5) is 0 Å². The fraction of sp³-hybridized carbons (Fsp3) is 0.784. The average Bonchev–Trinajstić information content (AvgIpc) is 3.08. The molecule has 0 radical (unpaired) electrons. The Morgan fingerprint density at radius 3 is 2.42 bits per heavy atom. The van der Waals surface area contributed by atoms with Gasteiger partial charge < -0.3 is 34.8 Å². The molecule has 2 bridgehead atoms. The number of piperidine rings is 1. The topological polar surface area (TPSA) is 171 Å². The van der Waals surface area contributed by atoms with Gasteiger partial charge in [0.05, 0.1) is 18.3 Å². The van der Waals surface area contributed by atoms with E-state index in [1.807, 2.05) is 19.1 Å². The quantitative estimate of drug-likeness (QED) is 0.197. The predicted molar refractivity (Wildman–Crippen MR) is 177 cm³/mol.